The molecule has 18 heteroatoms. The van der Waals surface area contributed by atoms with E-state index >= 15 is 8.78 Å². The molecule has 65 heavy (non-hydrogen) atoms. The Bertz CT molecular complexity index is 2570. The summed E-state index contributed by atoms with van der Waals surface area (Å²) >= 11 is 0. The normalized spacial score (nSPS) is 20.9. The summed E-state index contributed by atoms with van der Waals surface area (Å²) in [6.07, 6.45) is 4.64. The van der Waals surface area contributed by atoms with Gasteiger partial charge in [0.15, 0.2) is 14.1 Å². The summed E-state index contributed by atoms with van der Waals surface area (Å²) < 4.78 is 74.2. The summed E-state index contributed by atoms with van der Waals surface area (Å²) in [6.45, 7) is 17.8. The number of benzene rings is 2. The average molecular weight is 917 g/mol. The van der Waals surface area contributed by atoms with Gasteiger partial charge in [0.05, 0.1) is 24.0 Å². The Morgan fingerprint density at radius 3 is 2.51 bits per heavy atom. The third kappa shape index (κ3) is 9.66. The molecular weight excluding hydrogens is 858 g/mol. The van der Waals surface area contributed by atoms with Crippen LogP contribution >= 0.6 is 0 Å². The molecule has 8 rings (SSSR count). The summed E-state index contributed by atoms with van der Waals surface area (Å²) in [6, 6.07) is 8.31. The molecule has 1 amide bonds. The van der Waals surface area contributed by atoms with Crippen molar-refractivity contribution in [2.75, 3.05) is 57.4 Å². The standard InChI is InChI=1S/C47H59F3N8O6Si/c1-45(2,3)64-44(60)56-21-20-55(26-32(27-56)63-43(59)57-19-17-51-29-57)41-35-24-52-39(38(50)40(35)53-42(54-41)61-28-47-16-10-18-58(47)25-31(48)23-47)34-12-9-11-30-13-14-36(49)33(37(30)34)15-22-62-65(7,8)46(4,5)6/h9,11-14,17,19,24,29,31-32H,10,15-16,18,20-23,25-28H2,1-8H3/t31-,32?,47+/m1/s1. The van der Waals surface area contributed by atoms with Crippen LogP contribution in [-0.4, -0.2) is 131 Å². The molecule has 0 N–H and O–H groups in total. The average Bonchev–Trinajstić information content (AvgIpc) is 3.94. The van der Waals surface area contributed by atoms with E-state index in [-0.39, 0.29) is 79.3 Å². The summed E-state index contributed by atoms with van der Waals surface area (Å²) in [4.78, 5) is 50.4. The highest BCUT2D eigenvalue weighted by Crippen LogP contribution is 2.42. The number of carbonyl (C=O) groups excluding carboxylic acids is 2. The molecule has 14 nitrogen and oxygen atoms in total. The fourth-order valence-corrected chi connectivity index (χ4v) is 10.0. The SMILES string of the molecule is CC(C)(C)OC(=O)N1CCN(c2nc(OC[C@@]34CCCN3C[C@H](F)C4)nc3c(F)c(-c4cccc5ccc(F)c(CCO[Si](C)(C)C(C)(C)C)c45)ncc23)CC(OC(=O)n2ccnc2)C1. The van der Waals surface area contributed by atoms with Crippen molar-refractivity contribution in [3.8, 4) is 17.3 Å². The number of amides is 1. The number of hydrogen-bond donors (Lipinski definition) is 0. The van der Waals surface area contributed by atoms with Crippen molar-refractivity contribution in [2.24, 2.45) is 0 Å². The van der Waals surface area contributed by atoms with Gasteiger partial charge in [0.1, 0.15) is 53.7 Å². The van der Waals surface area contributed by atoms with E-state index < -0.39 is 55.6 Å². The van der Waals surface area contributed by atoms with Gasteiger partial charge in [-0.1, -0.05) is 45.0 Å². The first kappa shape index (κ1) is 46.2. The second-order valence-corrected chi connectivity index (χ2v) is 24.8. The molecule has 3 fully saturated rings. The van der Waals surface area contributed by atoms with Crippen molar-refractivity contribution >= 4 is 48.0 Å². The summed E-state index contributed by atoms with van der Waals surface area (Å²) in [5, 5.41) is 1.40. The molecule has 3 atom stereocenters. The third-order valence-electron chi connectivity index (χ3n) is 13.3. The maximum Gasteiger partial charge on any atom is 0.419 e. The summed E-state index contributed by atoms with van der Waals surface area (Å²) in [7, 11) is -2.16. The van der Waals surface area contributed by atoms with Crippen molar-refractivity contribution in [1.82, 2.24) is 34.3 Å². The highest BCUT2D eigenvalue weighted by atomic mass is 28.4. The lowest BCUT2D eigenvalue weighted by atomic mass is 9.94. The van der Waals surface area contributed by atoms with E-state index in [9.17, 15) is 14.0 Å². The smallest absolute Gasteiger partial charge is 0.419 e. The minimum absolute atomic E-state index is 0.0152. The second-order valence-electron chi connectivity index (χ2n) is 20.0. The van der Waals surface area contributed by atoms with Gasteiger partial charge in [0, 0.05) is 56.8 Å². The number of ether oxygens (including phenoxy) is 3. The highest BCUT2D eigenvalue weighted by Gasteiger charge is 2.49. The molecule has 3 aliphatic rings. The number of nitrogens with zero attached hydrogens (tertiary/aromatic N) is 8. The first-order chi connectivity index (χ1) is 30.7. The van der Waals surface area contributed by atoms with Gasteiger partial charge in [-0.15, -0.1) is 0 Å². The largest absolute Gasteiger partial charge is 0.461 e. The van der Waals surface area contributed by atoms with Crippen LogP contribution in [0.3, 0.4) is 0 Å². The van der Waals surface area contributed by atoms with Gasteiger partial charge in [-0.3, -0.25) is 9.88 Å². The van der Waals surface area contributed by atoms with E-state index in [1.165, 1.54) is 40.5 Å². The zero-order valence-corrected chi connectivity index (χ0v) is 39.5. The fourth-order valence-electron chi connectivity index (χ4n) is 8.96. The third-order valence-corrected chi connectivity index (χ3v) is 17.8. The Labute approximate surface area is 378 Å². The number of anilines is 1. The van der Waals surface area contributed by atoms with Crippen LogP contribution in [0.15, 0.2) is 55.2 Å². The Kier molecular flexibility index (Phi) is 12.7. The van der Waals surface area contributed by atoms with Gasteiger partial charge >= 0.3 is 18.2 Å². The number of carbonyl (C=O) groups is 2. The van der Waals surface area contributed by atoms with E-state index in [0.717, 1.165) is 19.4 Å². The molecule has 3 saturated heterocycles. The molecule has 0 saturated carbocycles. The van der Waals surface area contributed by atoms with Gasteiger partial charge < -0.3 is 28.4 Å². The van der Waals surface area contributed by atoms with Crippen LogP contribution in [0.5, 0.6) is 6.01 Å². The number of aromatic nitrogens is 5. The molecule has 6 heterocycles. The molecule has 5 aromatic rings. The van der Waals surface area contributed by atoms with E-state index in [0.29, 0.717) is 34.9 Å². The minimum Gasteiger partial charge on any atom is -0.461 e. The number of alkyl halides is 1. The van der Waals surface area contributed by atoms with Crippen molar-refractivity contribution in [3.05, 3.63) is 72.4 Å². The molecule has 0 radical (unpaired) electrons. The molecule has 0 spiro atoms. The number of halogens is 3. The van der Waals surface area contributed by atoms with Gasteiger partial charge in [0.2, 0.25) is 0 Å². The maximum atomic E-state index is 17.7. The molecule has 348 valence electrons. The topological polar surface area (TPSA) is 137 Å². The van der Waals surface area contributed by atoms with Crippen LogP contribution in [0.4, 0.5) is 28.6 Å². The van der Waals surface area contributed by atoms with E-state index in [4.69, 9.17) is 28.6 Å². The lowest BCUT2D eigenvalue weighted by Crippen LogP contribution is -2.43. The molecular formula is C47H59F3N8O6Si. The van der Waals surface area contributed by atoms with Gasteiger partial charge in [0.25, 0.3) is 0 Å². The molecule has 3 aromatic heterocycles. The lowest BCUT2D eigenvalue weighted by Gasteiger charge is -2.36. The van der Waals surface area contributed by atoms with Gasteiger partial charge in [-0.2, -0.15) is 9.97 Å². The van der Waals surface area contributed by atoms with Crippen molar-refractivity contribution in [2.45, 2.75) is 109 Å². The Hall–Kier alpha value is -5.33. The first-order valence-corrected chi connectivity index (χ1v) is 25.3. The zero-order chi connectivity index (χ0) is 46.5. The van der Waals surface area contributed by atoms with Crippen LogP contribution in [0, 0.1) is 11.6 Å². The number of imidazole rings is 1. The predicted octanol–water partition coefficient (Wildman–Crippen LogP) is 8.95. The van der Waals surface area contributed by atoms with Crippen LogP contribution < -0.4 is 9.64 Å². The quantitative estimate of drug-likeness (QED) is 0.124. The first-order valence-electron chi connectivity index (χ1n) is 22.4. The van der Waals surface area contributed by atoms with Crippen LogP contribution in [0.25, 0.3) is 32.9 Å². The maximum absolute atomic E-state index is 17.7. The van der Waals surface area contributed by atoms with Crippen LogP contribution in [-0.2, 0) is 20.3 Å². The molecule has 2 aromatic carbocycles. The second kappa shape index (κ2) is 17.8. The van der Waals surface area contributed by atoms with Crippen molar-refractivity contribution in [3.63, 3.8) is 0 Å². The van der Waals surface area contributed by atoms with Crippen LogP contribution in [0.1, 0.15) is 66.4 Å². The predicted molar refractivity (Wildman–Crippen MR) is 244 cm³/mol. The molecule has 3 aliphatic heterocycles. The van der Waals surface area contributed by atoms with Gasteiger partial charge in [-0.25, -0.2) is 32.3 Å². The Morgan fingerprint density at radius 1 is 0.969 bits per heavy atom. The monoisotopic (exact) mass is 916 g/mol. The van der Waals surface area contributed by atoms with E-state index in [2.05, 4.69) is 48.7 Å². The lowest BCUT2D eigenvalue weighted by molar-refractivity contribution is 0.0160. The van der Waals surface area contributed by atoms with E-state index in [1.54, 1.807) is 43.9 Å². The minimum atomic E-state index is -2.16. The number of pyridine rings is 1. The number of fused-ring (bicyclic) bond motifs is 3. The number of hydrogen-bond acceptors (Lipinski definition) is 12. The van der Waals surface area contributed by atoms with Gasteiger partial charge in [-0.05, 0) is 87.1 Å². The Morgan fingerprint density at radius 2 is 1.77 bits per heavy atom. The van der Waals surface area contributed by atoms with Crippen molar-refractivity contribution < 1.29 is 41.4 Å². The zero-order valence-electron chi connectivity index (χ0n) is 38.5. The van der Waals surface area contributed by atoms with E-state index in [1.807, 2.05) is 6.07 Å². The Balaban J connectivity index is 1.22. The summed E-state index contributed by atoms with van der Waals surface area (Å²) in [5.41, 5.74) is -0.744. The highest BCUT2D eigenvalue weighted by molar-refractivity contribution is 6.74. The molecule has 0 bridgehead atoms. The molecule has 0 aliphatic carbocycles. The fraction of sp³-hybridized carbons (Fsp3) is 0.532. The molecule has 1 unspecified atom stereocenters. The number of rotatable bonds is 10. The summed E-state index contributed by atoms with van der Waals surface area (Å²) in [5.74, 6) is -0.992. The van der Waals surface area contributed by atoms with Crippen LogP contribution in [0.2, 0.25) is 18.1 Å². The van der Waals surface area contributed by atoms with Crippen molar-refractivity contribution in [1.29, 1.82) is 0 Å².